The van der Waals surface area contributed by atoms with Crippen molar-refractivity contribution in [3.05, 3.63) is 46.6 Å². The summed E-state index contributed by atoms with van der Waals surface area (Å²) >= 11 is 0. The van der Waals surface area contributed by atoms with E-state index in [0.29, 0.717) is 65.0 Å². The van der Waals surface area contributed by atoms with E-state index < -0.39 is 0 Å². The van der Waals surface area contributed by atoms with Crippen LogP contribution in [0.2, 0.25) is 0 Å². The molecule has 0 aromatic carbocycles. The average Bonchev–Trinajstić information content (AvgIpc) is 3.24. The van der Waals surface area contributed by atoms with Crippen LogP contribution in [0, 0.1) is 101 Å². The molecule has 0 aliphatic rings. The quantitative estimate of drug-likeness (QED) is 0.107. The summed E-state index contributed by atoms with van der Waals surface area (Å²) in [5.74, 6) is 1.85. The van der Waals surface area contributed by atoms with E-state index in [1.807, 2.05) is 0 Å². The van der Waals surface area contributed by atoms with Gasteiger partial charge < -0.3 is 24.3 Å². The fourth-order valence-corrected chi connectivity index (χ4v) is 9.28. The molecule has 0 bridgehead atoms. The van der Waals surface area contributed by atoms with Gasteiger partial charge in [-0.1, -0.05) is 429 Å². The Bertz CT molecular complexity index is 1490. The molecule has 0 amide bonds. The van der Waals surface area contributed by atoms with Gasteiger partial charge in [-0.3, -0.25) is 22.3 Å². The Morgan fingerprint density at radius 1 is 0.221 bits per heavy atom. The van der Waals surface area contributed by atoms with Crippen molar-refractivity contribution in [2.75, 3.05) is 0 Å². The first-order valence-corrected chi connectivity index (χ1v) is 35.2. The van der Waals surface area contributed by atoms with Crippen LogP contribution in [-0.4, -0.2) is 0 Å². The van der Waals surface area contributed by atoms with E-state index in [1.165, 1.54) is 99.3 Å². The van der Waals surface area contributed by atoms with Crippen LogP contribution in [0.4, 0.5) is 0 Å². The SMILES string of the molecule is C.C.C.C.C.C.C.CCC(=[C-]CC(C)(C)C)CC(C)(C)C.CCC(=[C-]CC(C)(C)C)CC(C)(C)C.CCC(=[C-]CC(C)(C)C)CC(C)(C)C.CCC(=[C-]CC(C)(C)C)CC(C)(C)C.CCC(CCC(C)(C)C)CC(C)(C)C.CCC(CCC(C)(C)C)CC(C)(C)C.[Y].[Y].[Y].[Y]. The molecule has 0 saturated heterocycles. The topological polar surface area (TPSA) is 0 Å². The van der Waals surface area contributed by atoms with Crippen LogP contribution in [0.1, 0.15) is 471 Å². The number of hydrogen-bond acceptors (Lipinski definition) is 0. The van der Waals surface area contributed by atoms with Crippen molar-refractivity contribution < 1.29 is 131 Å². The van der Waals surface area contributed by atoms with Gasteiger partial charge in [0.25, 0.3) is 0 Å². The summed E-state index contributed by atoms with van der Waals surface area (Å²) < 4.78 is 0. The van der Waals surface area contributed by atoms with Crippen molar-refractivity contribution >= 4 is 0 Å². The van der Waals surface area contributed by atoms with Gasteiger partial charge in [-0.25, -0.2) is 0 Å². The summed E-state index contributed by atoms with van der Waals surface area (Å²) in [4.78, 5) is 0. The van der Waals surface area contributed by atoms with Gasteiger partial charge in [-0.2, -0.15) is 25.7 Å². The molecule has 0 spiro atoms. The fraction of sp³-hybridized carbons (Fsp3) is 0.912. The average molecular weight is 1650 g/mol. The summed E-state index contributed by atoms with van der Waals surface area (Å²) in [5, 5.41) is 0. The molecular formula is C91H196Y4-4. The molecule has 0 aromatic rings. The normalized spacial score (nSPS) is 13.2. The minimum absolute atomic E-state index is 0. The Labute approximate surface area is 716 Å². The van der Waals surface area contributed by atoms with Crippen LogP contribution in [0.15, 0.2) is 22.3 Å². The van der Waals surface area contributed by atoms with E-state index in [1.54, 1.807) is 0 Å². The molecule has 95 heavy (non-hydrogen) atoms. The molecule has 0 saturated carbocycles. The van der Waals surface area contributed by atoms with Gasteiger partial charge in [0.2, 0.25) is 0 Å². The second-order valence-corrected chi connectivity index (χ2v) is 40.7. The molecule has 2 atom stereocenters. The first-order chi connectivity index (χ1) is 36.8. The van der Waals surface area contributed by atoms with E-state index in [4.69, 9.17) is 0 Å². The molecule has 0 aromatic heterocycles. The first-order valence-electron chi connectivity index (χ1n) is 35.2. The minimum Gasteiger partial charge on any atom is -0.497 e. The Hall–Kier alpha value is 3.38. The summed E-state index contributed by atoms with van der Waals surface area (Å²) in [6, 6.07) is 0. The van der Waals surface area contributed by atoms with Crippen LogP contribution < -0.4 is 0 Å². The molecule has 0 aliphatic carbocycles. The van der Waals surface area contributed by atoms with Crippen LogP contribution in [0.25, 0.3) is 0 Å². The van der Waals surface area contributed by atoms with Crippen molar-refractivity contribution in [1.29, 1.82) is 0 Å². The summed E-state index contributed by atoms with van der Waals surface area (Å²) in [6.07, 6.45) is 38.9. The zero-order valence-electron chi connectivity index (χ0n) is 69.6. The Kier molecular flexibility index (Phi) is 97.3. The van der Waals surface area contributed by atoms with Crippen LogP contribution in [-0.2, 0) is 131 Å². The fourth-order valence-electron chi connectivity index (χ4n) is 9.28. The molecule has 576 valence electrons. The Balaban J connectivity index is -0.0000000501. The van der Waals surface area contributed by atoms with E-state index in [2.05, 4.69) is 315 Å². The molecule has 4 radical (unpaired) electrons. The third-order valence-electron chi connectivity index (χ3n) is 13.7. The summed E-state index contributed by atoms with van der Waals surface area (Å²) in [5.41, 5.74) is 11.1. The number of rotatable bonds is 20. The van der Waals surface area contributed by atoms with Crippen molar-refractivity contribution in [1.82, 2.24) is 0 Å². The molecule has 0 nitrogen and oxygen atoms in total. The summed E-state index contributed by atoms with van der Waals surface area (Å²) in [7, 11) is 0. The van der Waals surface area contributed by atoms with E-state index >= 15 is 0 Å². The summed E-state index contributed by atoms with van der Waals surface area (Å²) in [6.45, 7) is 96.5. The van der Waals surface area contributed by atoms with Gasteiger partial charge in [0.15, 0.2) is 0 Å². The largest absolute Gasteiger partial charge is 0.497 e. The predicted octanol–water partition coefficient (Wildman–Crippen LogP) is 35.0. The van der Waals surface area contributed by atoms with E-state index in [-0.39, 0.29) is 183 Å². The van der Waals surface area contributed by atoms with Crippen LogP contribution in [0.3, 0.4) is 0 Å². The second kappa shape index (κ2) is 65.6. The van der Waals surface area contributed by atoms with E-state index in [9.17, 15) is 0 Å². The zero-order valence-corrected chi connectivity index (χ0v) is 81.0. The molecular weight excluding hydrogens is 1450 g/mol. The third kappa shape index (κ3) is 134. The smallest absolute Gasteiger partial charge is 0 e. The minimum atomic E-state index is 0. The van der Waals surface area contributed by atoms with Crippen LogP contribution >= 0.6 is 0 Å². The first kappa shape index (κ1) is 141. The Morgan fingerprint density at radius 2 is 0.368 bits per heavy atom. The Morgan fingerprint density at radius 3 is 0.453 bits per heavy atom. The zero-order chi connectivity index (χ0) is 68.4. The van der Waals surface area contributed by atoms with Crippen LogP contribution in [0.5, 0.6) is 0 Å². The van der Waals surface area contributed by atoms with Gasteiger partial charge >= 0.3 is 0 Å². The van der Waals surface area contributed by atoms with Crippen molar-refractivity contribution in [3.8, 4) is 0 Å². The molecule has 0 aliphatic heterocycles. The van der Waals surface area contributed by atoms with Gasteiger partial charge in [-0.15, -0.1) is 0 Å². The van der Waals surface area contributed by atoms with Crippen molar-refractivity contribution in [2.24, 2.45) is 76.8 Å². The maximum absolute atomic E-state index is 3.58. The van der Waals surface area contributed by atoms with Gasteiger partial charge in [-0.05, 0) is 93.7 Å². The molecule has 2 unspecified atom stereocenters. The molecule has 0 heterocycles. The van der Waals surface area contributed by atoms with Gasteiger partial charge in [0.05, 0.1) is 0 Å². The van der Waals surface area contributed by atoms with Gasteiger partial charge in [0, 0.05) is 131 Å². The molecule has 4 heteroatoms. The second-order valence-electron chi connectivity index (χ2n) is 40.7. The predicted molar refractivity (Wildman–Crippen MR) is 441 cm³/mol. The van der Waals surface area contributed by atoms with Crippen molar-refractivity contribution in [2.45, 2.75) is 471 Å². The van der Waals surface area contributed by atoms with E-state index in [0.717, 1.165) is 63.2 Å². The molecule has 0 fully saturated rings. The molecule has 0 rings (SSSR count). The monoisotopic (exact) mass is 1650 g/mol. The third-order valence-corrected chi connectivity index (χ3v) is 13.7. The maximum Gasteiger partial charge on any atom is 0 e. The number of allylic oxidation sites excluding steroid dienone is 8. The van der Waals surface area contributed by atoms with Gasteiger partial charge in [0.1, 0.15) is 0 Å². The van der Waals surface area contributed by atoms with Crippen molar-refractivity contribution in [3.63, 3.8) is 0 Å². The standard InChI is InChI=1S/2C14H30.4C14H27.7CH4.4Y/c6*1-8-12(11-14(5,6)7)9-10-13(2,3)4;;;;;;;;;;;/h2*12H,8-11H2,1-7H3;4*8,10-11H2,1-7H3;7*1H4;;;;/q;;4*-1;;;;;;;;;;;. The maximum atomic E-state index is 3.58. The number of hydrogen-bond donors (Lipinski definition) is 0. The molecule has 0 N–H and O–H groups in total.